The van der Waals surface area contributed by atoms with E-state index in [1.54, 1.807) is 10.6 Å². The fourth-order valence-corrected chi connectivity index (χ4v) is 3.51. The Morgan fingerprint density at radius 3 is 2.67 bits per heavy atom. The number of nitrogen functional groups attached to an aromatic ring is 1. The molecule has 1 unspecified atom stereocenters. The molecular formula is C23H20N6O. The largest absolute Gasteiger partial charge is 0.384 e. The van der Waals surface area contributed by atoms with Crippen molar-refractivity contribution < 1.29 is 0 Å². The number of aryl methyl sites for hydroxylation is 1. The maximum atomic E-state index is 13.5. The van der Waals surface area contributed by atoms with Crippen LogP contribution in [0, 0.1) is 18.3 Å². The Bertz CT molecular complexity index is 1340. The molecule has 148 valence electrons. The fourth-order valence-electron chi connectivity index (χ4n) is 3.51. The zero-order chi connectivity index (χ0) is 21.3. The predicted molar refractivity (Wildman–Crippen MR) is 117 cm³/mol. The normalized spacial score (nSPS) is 11.8. The Hall–Kier alpha value is -4.18. The minimum atomic E-state index is -0.392. The zero-order valence-corrected chi connectivity index (χ0v) is 16.6. The van der Waals surface area contributed by atoms with Crippen LogP contribution in [0.25, 0.3) is 16.6 Å². The molecule has 4 rings (SSSR count). The Morgan fingerprint density at radius 2 is 1.93 bits per heavy atom. The first-order valence-corrected chi connectivity index (χ1v) is 9.49. The summed E-state index contributed by atoms with van der Waals surface area (Å²) in [7, 11) is 0. The molecule has 0 amide bonds. The summed E-state index contributed by atoms with van der Waals surface area (Å²) in [5, 5.41) is 13.3. The highest BCUT2D eigenvalue weighted by Crippen LogP contribution is 2.25. The number of aromatic nitrogens is 3. The Kier molecular flexibility index (Phi) is 4.90. The van der Waals surface area contributed by atoms with Crippen molar-refractivity contribution in [3.05, 3.63) is 88.1 Å². The SMILES string of the molecule is Cc1cccc2nc(C(C)Nc3cc(N)ncc3C#N)n(-c3ccccc3)c(=O)c12. The molecular weight excluding hydrogens is 376 g/mol. The van der Waals surface area contributed by atoms with Gasteiger partial charge in [0.1, 0.15) is 17.7 Å². The van der Waals surface area contributed by atoms with Gasteiger partial charge in [-0.2, -0.15) is 5.26 Å². The second-order valence-corrected chi connectivity index (χ2v) is 7.05. The highest BCUT2D eigenvalue weighted by Gasteiger charge is 2.20. The van der Waals surface area contributed by atoms with E-state index in [0.717, 1.165) is 11.3 Å². The molecule has 0 aliphatic heterocycles. The molecule has 0 saturated carbocycles. The standard InChI is InChI=1S/C23H20N6O/c1-14-7-6-10-18-21(14)23(30)29(17-8-4-3-5-9-17)22(28-18)15(2)27-19-11-20(25)26-13-16(19)12-24/h3-11,13,15H,1-2H3,(H3,25,26,27). The zero-order valence-electron chi connectivity index (χ0n) is 16.6. The topological polar surface area (TPSA) is 110 Å². The van der Waals surface area contributed by atoms with Crippen LogP contribution in [0.5, 0.6) is 0 Å². The van der Waals surface area contributed by atoms with E-state index >= 15 is 0 Å². The molecule has 2 aromatic heterocycles. The quantitative estimate of drug-likeness (QED) is 0.544. The van der Waals surface area contributed by atoms with Crippen LogP contribution >= 0.6 is 0 Å². The average Bonchev–Trinajstić information content (AvgIpc) is 2.74. The first-order chi connectivity index (χ1) is 14.5. The molecule has 0 saturated heterocycles. The summed E-state index contributed by atoms with van der Waals surface area (Å²) in [6.45, 7) is 3.79. The van der Waals surface area contributed by atoms with Crippen LogP contribution in [-0.4, -0.2) is 14.5 Å². The second kappa shape index (κ2) is 7.68. The lowest BCUT2D eigenvalue weighted by Gasteiger charge is -2.21. The van der Waals surface area contributed by atoms with E-state index in [2.05, 4.69) is 16.4 Å². The number of para-hydroxylation sites is 1. The molecule has 0 fully saturated rings. The number of nitrogens with two attached hydrogens (primary N) is 1. The molecule has 4 aromatic rings. The molecule has 0 spiro atoms. The van der Waals surface area contributed by atoms with Crippen LogP contribution < -0.4 is 16.6 Å². The smallest absolute Gasteiger partial charge is 0.266 e. The Morgan fingerprint density at radius 1 is 1.17 bits per heavy atom. The number of benzene rings is 2. The van der Waals surface area contributed by atoms with Gasteiger partial charge in [0.05, 0.1) is 33.9 Å². The molecule has 0 bridgehead atoms. The molecule has 0 radical (unpaired) electrons. The number of hydrogen-bond donors (Lipinski definition) is 2. The van der Waals surface area contributed by atoms with Crippen molar-refractivity contribution in [2.24, 2.45) is 0 Å². The number of nitrogens with one attached hydrogen (secondary N) is 1. The maximum absolute atomic E-state index is 13.5. The van der Waals surface area contributed by atoms with E-state index in [-0.39, 0.29) is 5.56 Å². The van der Waals surface area contributed by atoms with Gasteiger partial charge >= 0.3 is 0 Å². The third kappa shape index (κ3) is 3.35. The van der Waals surface area contributed by atoms with Gasteiger partial charge in [0, 0.05) is 12.3 Å². The molecule has 2 aromatic carbocycles. The van der Waals surface area contributed by atoms with Crippen molar-refractivity contribution in [1.82, 2.24) is 14.5 Å². The fraction of sp³-hybridized carbons (Fsp3) is 0.130. The number of hydrogen-bond acceptors (Lipinski definition) is 6. The molecule has 30 heavy (non-hydrogen) atoms. The van der Waals surface area contributed by atoms with E-state index in [4.69, 9.17) is 10.7 Å². The third-order valence-electron chi connectivity index (χ3n) is 4.95. The first-order valence-electron chi connectivity index (χ1n) is 9.49. The van der Waals surface area contributed by atoms with Crippen molar-refractivity contribution >= 4 is 22.4 Å². The van der Waals surface area contributed by atoms with Gasteiger partial charge in [0.25, 0.3) is 5.56 Å². The lowest BCUT2D eigenvalue weighted by molar-refractivity contribution is 0.734. The van der Waals surface area contributed by atoms with Crippen molar-refractivity contribution in [2.45, 2.75) is 19.9 Å². The number of nitrogens with zero attached hydrogens (tertiary/aromatic N) is 4. The van der Waals surface area contributed by atoms with Gasteiger partial charge in [-0.15, -0.1) is 0 Å². The van der Waals surface area contributed by atoms with E-state index in [0.29, 0.717) is 33.8 Å². The summed E-state index contributed by atoms with van der Waals surface area (Å²) >= 11 is 0. The first kappa shape index (κ1) is 19.2. The summed E-state index contributed by atoms with van der Waals surface area (Å²) in [4.78, 5) is 22.3. The van der Waals surface area contributed by atoms with Crippen LogP contribution in [-0.2, 0) is 0 Å². The summed E-state index contributed by atoms with van der Waals surface area (Å²) in [5.41, 5.74) is 8.79. The summed E-state index contributed by atoms with van der Waals surface area (Å²) in [6.07, 6.45) is 1.42. The molecule has 0 aliphatic carbocycles. The van der Waals surface area contributed by atoms with Crippen molar-refractivity contribution in [1.29, 1.82) is 5.26 Å². The number of nitriles is 1. The molecule has 0 aliphatic rings. The highest BCUT2D eigenvalue weighted by molar-refractivity contribution is 5.81. The lowest BCUT2D eigenvalue weighted by Crippen LogP contribution is -2.27. The van der Waals surface area contributed by atoms with Crippen molar-refractivity contribution in [2.75, 3.05) is 11.1 Å². The number of fused-ring (bicyclic) bond motifs is 1. The van der Waals surface area contributed by atoms with Gasteiger partial charge in [0.15, 0.2) is 0 Å². The Balaban J connectivity index is 1.93. The molecule has 7 heteroatoms. The summed E-state index contributed by atoms with van der Waals surface area (Å²) in [5.74, 6) is 0.829. The van der Waals surface area contributed by atoms with E-state index in [1.807, 2.05) is 62.4 Å². The molecule has 1 atom stereocenters. The van der Waals surface area contributed by atoms with Crippen LogP contribution in [0.2, 0.25) is 0 Å². The minimum Gasteiger partial charge on any atom is -0.384 e. The minimum absolute atomic E-state index is 0.136. The predicted octanol–water partition coefficient (Wildman–Crippen LogP) is 3.72. The summed E-state index contributed by atoms with van der Waals surface area (Å²) in [6, 6.07) is 18.3. The number of anilines is 2. The van der Waals surface area contributed by atoms with E-state index in [1.165, 1.54) is 6.20 Å². The molecule has 7 nitrogen and oxygen atoms in total. The number of pyridine rings is 1. The summed E-state index contributed by atoms with van der Waals surface area (Å²) < 4.78 is 1.61. The second-order valence-electron chi connectivity index (χ2n) is 7.05. The van der Waals surface area contributed by atoms with Gasteiger partial charge in [0.2, 0.25) is 0 Å². The average molecular weight is 396 g/mol. The molecule has 2 heterocycles. The Labute approximate surface area is 173 Å². The van der Waals surface area contributed by atoms with Crippen molar-refractivity contribution in [3.63, 3.8) is 0 Å². The lowest BCUT2D eigenvalue weighted by atomic mass is 10.1. The third-order valence-corrected chi connectivity index (χ3v) is 4.95. The van der Waals surface area contributed by atoms with Crippen LogP contribution in [0.1, 0.15) is 29.9 Å². The monoisotopic (exact) mass is 396 g/mol. The maximum Gasteiger partial charge on any atom is 0.266 e. The van der Waals surface area contributed by atoms with Crippen LogP contribution in [0.4, 0.5) is 11.5 Å². The number of rotatable bonds is 4. The highest BCUT2D eigenvalue weighted by atomic mass is 16.1. The van der Waals surface area contributed by atoms with Crippen molar-refractivity contribution in [3.8, 4) is 11.8 Å². The van der Waals surface area contributed by atoms with Gasteiger partial charge in [-0.25, -0.2) is 9.97 Å². The van der Waals surface area contributed by atoms with Crippen LogP contribution in [0.15, 0.2) is 65.6 Å². The van der Waals surface area contributed by atoms with Crippen LogP contribution in [0.3, 0.4) is 0 Å². The van der Waals surface area contributed by atoms with E-state index < -0.39 is 6.04 Å². The van der Waals surface area contributed by atoms with Gasteiger partial charge < -0.3 is 11.1 Å². The van der Waals surface area contributed by atoms with Gasteiger partial charge in [-0.3, -0.25) is 9.36 Å². The molecule has 3 N–H and O–H groups in total. The van der Waals surface area contributed by atoms with Gasteiger partial charge in [-0.05, 0) is 37.6 Å². The van der Waals surface area contributed by atoms with Gasteiger partial charge in [-0.1, -0.05) is 30.3 Å². The van der Waals surface area contributed by atoms with E-state index in [9.17, 15) is 10.1 Å².